The maximum atomic E-state index is 5.42. The van der Waals surface area contributed by atoms with Crippen LogP contribution < -0.4 is 10.6 Å². The van der Waals surface area contributed by atoms with E-state index in [9.17, 15) is 0 Å². The Labute approximate surface area is 108 Å². The minimum atomic E-state index is 0.461. The van der Waals surface area contributed by atoms with E-state index in [1.807, 2.05) is 0 Å². The van der Waals surface area contributed by atoms with E-state index in [1.54, 1.807) is 0 Å². The second-order valence-electron chi connectivity index (χ2n) is 4.07. The van der Waals surface area contributed by atoms with Gasteiger partial charge in [0.2, 0.25) is 5.89 Å². The van der Waals surface area contributed by atoms with Gasteiger partial charge in [-0.3, -0.25) is 0 Å². The molecule has 0 aliphatic heterocycles. The van der Waals surface area contributed by atoms with Gasteiger partial charge in [0.15, 0.2) is 0 Å². The van der Waals surface area contributed by atoms with Gasteiger partial charge in [-0.25, -0.2) is 0 Å². The summed E-state index contributed by atoms with van der Waals surface area (Å²) in [4.78, 5) is 0. The SMILES string of the molecule is CCCCOCCNc1nnc(CNCCC)o1. The Morgan fingerprint density at radius 3 is 2.78 bits per heavy atom. The number of unbranched alkanes of at least 4 members (excludes halogenated alkanes) is 1. The first-order valence-electron chi connectivity index (χ1n) is 6.71. The van der Waals surface area contributed by atoms with E-state index in [1.165, 1.54) is 0 Å². The summed E-state index contributed by atoms with van der Waals surface area (Å²) in [6.07, 6.45) is 3.35. The number of aromatic nitrogens is 2. The van der Waals surface area contributed by atoms with Crippen LogP contribution >= 0.6 is 0 Å². The minimum Gasteiger partial charge on any atom is -0.407 e. The number of nitrogens with zero attached hydrogens (tertiary/aromatic N) is 2. The molecule has 0 fully saturated rings. The number of hydrogen-bond donors (Lipinski definition) is 2. The highest BCUT2D eigenvalue weighted by Gasteiger charge is 2.04. The third-order valence-corrected chi connectivity index (χ3v) is 2.33. The fourth-order valence-corrected chi connectivity index (χ4v) is 1.35. The van der Waals surface area contributed by atoms with Gasteiger partial charge in [-0.05, 0) is 19.4 Å². The fraction of sp³-hybridized carbons (Fsp3) is 0.833. The summed E-state index contributed by atoms with van der Waals surface area (Å²) in [5.74, 6) is 0.609. The predicted molar refractivity (Wildman–Crippen MR) is 70.5 cm³/mol. The molecule has 0 aliphatic rings. The number of anilines is 1. The molecule has 1 aromatic rings. The largest absolute Gasteiger partial charge is 0.407 e. The van der Waals surface area contributed by atoms with Crippen LogP contribution in [0.3, 0.4) is 0 Å². The van der Waals surface area contributed by atoms with Crippen LogP contribution in [-0.4, -0.2) is 36.5 Å². The summed E-state index contributed by atoms with van der Waals surface area (Å²) >= 11 is 0. The van der Waals surface area contributed by atoms with E-state index in [-0.39, 0.29) is 0 Å². The molecule has 2 N–H and O–H groups in total. The third-order valence-electron chi connectivity index (χ3n) is 2.33. The first-order valence-corrected chi connectivity index (χ1v) is 6.71. The van der Waals surface area contributed by atoms with Crippen LogP contribution in [0, 0.1) is 0 Å². The smallest absolute Gasteiger partial charge is 0.315 e. The molecule has 6 nitrogen and oxygen atoms in total. The first-order chi connectivity index (χ1) is 8.86. The molecule has 0 saturated heterocycles. The molecular weight excluding hydrogens is 232 g/mol. The van der Waals surface area contributed by atoms with Crippen molar-refractivity contribution >= 4 is 6.01 Å². The van der Waals surface area contributed by atoms with Gasteiger partial charge < -0.3 is 19.8 Å². The van der Waals surface area contributed by atoms with Crippen LogP contribution in [0.4, 0.5) is 6.01 Å². The molecule has 18 heavy (non-hydrogen) atoms. The van der Waals surface area contributed by atoms with Crippen LogP contribution in [0.1, 0.15) is 39.0 Å². The summed E-state index contributed by atoms with van der Waals surface area (Å²) in [6.45, 7) is 8.00. The van der Waals surface area contributed by atoms with Gasteiger partial charge in [0, 0.05) is 13.2 Å². The lowest BCUT2D eigenvalue weighted by atomic mass is 10.4. The molecule has 0 aliphatic carbocycles. The maximum absolute atomic E-state index is 5.42. The van der Waals surface area contributed by atoms with E-state index in [0.29, 0.717) is 31.6 Å². The molecule has 1 rings (SSSR count). The molecule has 0 spiro atoms. The molecule has 0 radical (unpaired) electrons. The highest BCUT2D eigenvalue weighted by molar-refractivity contribution is 5.16. The minimum absolute atomic E-state index is 0.461. The summed E-state index contributed by atoms with van der Waals surface area (Å²) in [6, 6.07) is 0.461. The molecule has 0 aromatic carbocycles. The zero-order chi connectivity index (χ0) is 13.1. The Kier molecular flexibility index (Phi) is 8.16. The van der Waals surface area contributed by atoms with Crippen molar-refractivity contribution in [1.82, 2.24) is 15.5 Å². The average Bonchev–Trinajstić information content (AvgIpc) is 2.82. The fourth-order valence-electron chi connectivity index (χ4n) is 1.35. The van der Waals surface area contributed by atoms with Crippen molar-refractivity contribution in [3.63, 3.8) is 0 Å². The lowest BCUT2D eigenvalue weighted by molar-refractivity contribution is 0.140. The van der Waals surface area contributed by atoms with Crippen molar-refractivity contribution in [2.24, 2.45) is 0 Å². The van der Waals surface area contributed by atoms with Crippen LogP contribution in [0.5, 0.6) is 0 Å². The molecular formula is C12H24N4O2. The standard InChI is InChI=1S/C12H24N4O2/c1-3-5-8-17-9-7-14-12-16-15-11(18-12)10-13-6-4-2/h13H,3-10H2,1-2H3,(H,14,16). The Morgan fingerprint density at radius 2 is 2.00 bits per heavy atom. The topological polar surface area (TPSA) is 72.2 Å². The van der Waals surface area contributed by atoms with Gasteiger partial charge in [0.1, 0.15) is 0 Å². The van der Waals surface area contributed by atoms with Crippen LogP contribution in [0.2, 0.25) is 0 Å². The Balaban J connectivity index is 2.07. The maximum Gasteiger partial charge on any atom is 0.315 e. The molecule has 1 heterocycles. The number of hydrogen-bond acceptors (Lipinski definition) is 6. The van der Waals surface area contributed by atoms with Crippen LogP contribution in [-0.2, 0) is 11.3 Å². The lowest BCUT2D eigenvalue weighted by Gasteiger charge is -2.03. The number of nitrogens with one attached hydrogen (secondary N) is 2. The Hall–Kier alpha value is -1.14. The van der Waals surface area contributed by atoms with Crippen LogP contribution in [0.15, 0.2) is 4.42 Å². The monoisotopic (exact) mass is 256 g/mol. The van der Waals surface area contributed by atoms with E-state index < -0.39 is 0 Å². The molecule has 0 atom stereocenters. The van der Waals surface area contributed by atoms with Crippen molar-refractivity contribution in [3.8, 4) is 0 Å². The molecule has 0 bridgehead atoms. The predicted octanol–water partition coefficient (Wildman–Crippen LogP) is 1.80. The molecule has 0 saturated carbocycles. The quantitative estimate of drug-likeness (QED) is 0.588. The molecule has 0 unspecified atom stereocenters. The summed E-state index contributed by atoms with van der Waals surface area (Å²) < 4.78 is 10.8. The highest BCUT2D eigenvalue weighted by atomic mass is 16.5. The van der Waals surface area contributed by atoms with E-state index >= 15 is 0 Å². The van der Waals surface area contributed by atoms with Crippen molar-refractivity contribution < 1.29 is 9.15 Å². The van der Waals surface area contributed by atoms with Gasteiger partial charge >= 0.3 is 6.01 Å². The summed E-state index contributed by atoms with van der Waals surface area (Å²) in [5.41, 5.74) is 0. The van der Waals surface area contributed by atoms with Crippen molar-refractivity contribution in [3.05, 3.63) is 5.89 Å². The second-order valence-corrected chi connectivity index (χ2v) is 4.07. The van der Waals surface area contributed by atoms with Crippen molar-refractivity contribution in [1.29, 1.82) is 0 Å². The van der Waals surface area contributed by atoms with Gasteiger partial charge in [-0.1, -0.05) is 25.4 Å². The number of ether oxygens (including phenoxy) is 1. The zero-order valence-electron chi connectivity index (χ0n) is 11.4. The Morgan fingerprint density at radius 1 is 1.11 bits per heavy atom. The Bertz CT molecular complexity index is 304. The van der Waals surface area contributed by atoms with Crippen molar-refractivity contribution in [2.75, 3.05) is 31.6 Å². The normalized spacial score (nSPS) is 10.8. The molecule has 1 aromatic heterocycles. The van der Waals surface area contributed by atoms with E-state index in [2.05, 4.69) is 34.7 Å². The van der Waals surface area contributed by atoms with Gasteiger partial charge in [0.05, 0.1) is 13.2 Å². The van der Waals surface area contributed by atoms with Gasteiger partial charge in [0.25, 0.3) is 0 Å². The second kappa shape index (κ2) is 9.85. The van der Waals surface area contributed by atoms with Crippen molar-refractivity contribution in [2.45, 2.75) is 39.7 Å². The number of rotatable bonds is 11. The highest BCUT2D eigenvalue weighted by Crippen LogP contribution is 2.04. The van der Waals surface area contributed by atoms with Gasteiger partial charge in [-0.15, -0.1) is 5.10 Å². The molecule has 104 valence electrons. The molecule has 6 heteroatoms. The third kappa shape index (κ3) is 6.56. The lowest BCUT2D eigenvalue weighted by Crippen LogP contribution is -2.13. The summed E-state index contributed by atoms with van der Waals surface area (Å²) in [5, 5.41) is 14.1. The zero-order valence-corrected chi connectivity index (χ0v) is 11.4. The van der Waals surface area contributed by atoms with Gasteiger partial charge in [-0.2, -0.15) is 0 Å². The van der Waals surface area contributed by atoms with Crippen LogP contribution in [0.25, 0.3) is 0 Å². The van der Waals surface area contributed by atoms with E-state index in [4.69, 9.17) is 9.15 Å². The molecule has 0 amide bonds. The average molecular weight is 256 g/mol. The van der Waals surface area contributed by atoms with E-state index in [0.717, 1.165) is 32.4 Å². The first kappa shape index (κ1) is 14.9. The summed E-state index contributed by atoms with van der Waals surface area (Å²) in [7, 11) is 0.